The molecule has 92 valence electrons. The summed E-state index contributed by atoms with van der Waals surface area (Å²) in [7, 11) is 0. The van der Waals surface area contributed by atoms with Crippen LogP contribution in [-0.4, -0.2) is 21.7 Å². The minimum atomic E-state index is 0.0165. The summed E-state index contributed by atoms with van der Waals surface area (Å²) < 4.78 is 6.00. The molecule has 0 saturated carbocycles. The third kappa shape index (κ3) is 3.32. The van der Waals surface area contributed by atoms with Crippen molar-refractivity contribution in [1.82, 2.24) is 0 Å². The van der Waals surface area contributed by atoms with Gasteiger partial charge in [0.05, 0.1) is 0 Å². The number of anilines is 1. The maximum atomic E-state index is 9.43. The molecule has 2 rings (SSSR count). The summed E-state index contributed by atoms with van der Waals surface area (Å²) in [5.41, 5.74) is 1.55. The molecule has 5 heteroatoms. The minimum Gasteiger partial charge on any atom is -0.508 e. The van der Waals surface area contributed by atoms with E-state index >= 15 is 0 Å². The average molecular weight is 346 g/mol. The van der Waals surface area contributed by atoms with Crippen LogP contribution in [0.1, 0.15) is 24.8 Å². The molecule has 17 heavy (non-hydrogen) atoms. The molecule has 1 aromatic rings. The molecular weight excluding hydrogens is 331 g/mol. The van der Waals surface area contributed by atoms with Gasteiger partial charge in [0.15, 0.2) is 0 Å². The molecule has 1 unspecified atom stereocenters. The van der Waals surface area contributed by atoms with Crippen molar-refractivity contribution in [2.45, 2.75) is 25.5 Å². The predicted molar refractivity (Wildman–Crippen MR) is 76.2 cm³/mol. The lowest BCUT2D eigenvalue weighted by Crippen LogP contribution is -2.27. The van der Waals surface area contributed by atoms with Crippen LogP contribution >= 0.6 is 22.6 Å². The van der Waals surface area contributed by atoms with E-state index in [2.05, 4.69) is 5.32 Å². The van der Waals surface area contributed by atoms with Crippen molar-refractivity contribution in [2.24, 2.45) is 0 Å². The molecule has 1 aliphatic rings. The van der Waals surface area contributed by atoms with Gasteiger partial charge in [0.1, 0.15) is 15.7 Å². The van der Waals surface area contributed by atoms with Gasteiger partial charge in [-0.15, -0.1) is 0 Å². The van der Waals surface area contributed by atoms with Gasteiger partial charge in [-0.2, -0.15) is 0 Å². The number of benzene rings is 1. The van der Waals surface area contributed by atoms with Crippen LogP contribution in [0, 0.1) is 5.41 Å². The molecule has 0 amide bonds. The zero-order valence-corrected chi connectivity index (χ0v) is 11.5. The summed E-state index contributed by atoms with van der Waals surface area (Å²) in [4.78, 5) is 0. The zero-order valence-electron chi connectivity index (χ0n) is 9.37. The summed E-state index contributed by atoms with van der Waals surface area (Å²) >= 11 is 1.94. The first-order valence-electron chi connectivity index (χ1n) is 5.62. The van der Waals surface area contributed by atoms with Gasteiger partial charge in [-0.1, -0.05) is 0 Å². The van der Waals surface area contributed by atoms with Crippen molar-refractivity contribution in [3.8, 4) is 5.75 Å². The third-order valence-electron chi connectivity index (χ3n) is 2.74. The van der Waals surface area contributed by atoms with E-state index in [1.165, 1.54) is 0 Å². The fourth-order valence-corrected chi connectivity index (χ4v) is 2.31. The number of nitrogens with one attached hydrogen (secondary N) is 2. The third-order valence-corrected chi connectivity index (χ3v) is 3.32. The molecule has 1 aromatic carbocycles. The number of hydrogen-bond acceptors (Lipinski definition) is 4. The van der Waals surface area contributed by atoms with E-state index in [0.717, 1.165) is 31.6 Å². The smallest absolute Gasteiger partial charge is 0.127 e. The Labute approximate surface area is 114 Å². The van der Waals surface area contributed by atoms with Crippen LogP contribution in [0.2, 0.25) is 0 Å². The molecular formula is C12H15IN2O2. The van der Waals surface area contributed by atoms with E-state index in [0.29, 0.717) is 9.28 Å². The van der Waals surface area contributed by atoms with Gasteiger partial charge >= 0.3 is 0 Å². The second-order valence-electron chi connectivity index (χ2n) is 4.04. The second-order valence-corrected chi connectivity index (χ2v) is 5.12. The summed E-state index contributed by atoms with van der Waals surface area (Å²) in [5, 5.41) is 20.4. The average Bonchev–Trinajstić information content (AvgIpc) is 2.32. The first-order chi connectivity index (χ1) is 8.16. The fraction of sp³-hybridized carbons (Fsp3) is 0.417. The topological polar surface area (TPSA) is 65.3 Å². The van der Waals surface area contributed by atoms with Crippen LogP contribution in [0.25, 0.3) is 0 Å². The lowest BCUT2D eigenvalue weighted by atomic mass is 10.1. The van der Waals surface area contributed by atoms with E-state index < -0.39 is 0 Å². The summed E-state index contributed by atoms with van der Waals surface area (Å²) in [6.45, 7) is 0.784. The van der Waals surface area contributed by atoms with Gasteiger partial charge in [0.25, 0.3) is 0 Å². The first-order valence-corrected chi connectivity index (χ1v) is 6.70. The van der Waals surface area contributed by atoms with Gasteiger partial charge in [-0.25, -0.2) is 0 Å². The first kappa shape index (κ1) is 12.6. The Kier molecular flexibility index (Phi) is 4.22. The van der Waals surface area contributed by atoms with Crippen molar-refractivity contribution < 1.29 is 9.84 Å². The highest BCUT2D eigenvalue weighted by Crippen LogP contribution is 2.26. The SMILES string of the molecule is N=C(I)c1cc(O)ccc1NC1CCCCO1. The maximum absolute atomic E-state index is 9.43. The predicted octanol–water partition coefficient (Wildman–Crippen LogP) is 3.09. The number of ether oxygens (including phenoxy) is 1. The van der Waals surface area contributed by atoms with Crippen LogP contribution in [0.4, 0.5) is 5.69 Å². The molecule has 4 nitrogen and oxygen atoms in total. The Morgan fingerprint density at radius 1 is 1.47 bits per heavy atom. The van der Waals surface area contributed by atoms with Gasteiger partial charge in [-0.05, 0) is 60.1 Å². The minimum absolute atomic E-state index is 0.0165. The van der Waals surface area contributed by atoms with Crippen LogP contribution < -0.4 is 5.32 Å². The molecule has 1 aliphatic heterocycles. The number of rotatable bonds is 3. The highest BCUT2D eigenvalue weighted by atomic mass is 127. The Balaban J connectivity index is 2.16. The van der Waals surface area contributed by atoms with Gasteiger partial charge in [0, 0.05) is 17.9 Å². The number of phenolic OH excluding ortho intramolecular Hbond substituents is 1. The lowest BCUT2D eigenvalue weighted by molar-refractivity contribution is 0.0343. The molecule has 0 bridgehead atoms. The van der Waals surface area contributed by atoms with Crippen molar-refractivity contribution in [1.29, 1.82) is 5.41 Å². The second kappa shape index (κ2) is 5.68. The number of phenols is 1. The molecule has 0 radical (unpaired) electrons. The monoisotopic (exact) mass is 346 g/mol. The summed E-state index contributed by atoms with van der Waals surface area (Å²) in [6, 6.07) is 5.00. The standard InChI is InChI=1S/C12H15IN2O2/c13-12(14)9-7-8(16)4-5-10(9)15-11-3-1-2-6-17-11/h4-5,7,11,14-16H,1-3,6H2. The van der Waals surface area contributed by atoms with E-state index in [1.807, 2.05) is 22.6 Å². The normalized spacial score (nSPS) is 19.9. The molecule has 3 N–H and O–H groups in total. The van der Waals surface area contributed by atoms with E-state index in [9.17, 15) is 5.11 Å². The van der Waals surface area contributed by atoms with E-state index in [-0.39, 0.29) is 12.0 Å². The lowest BCUT2D eigenvalue weighted by Gasteiger charge is -2.25. The van der Waals surface area contributed by atoms with Gasteiger partial charge < -0.3 is 15.2 Å². The molecule has 0 spiro atoms. The zero-order chi connectivity index (χ0) is 12.3. The van der Waals surface area contributed by atoms with Gasteiger partial charge in [-0.3, -0.25) is 5.41 Å². The highest BCUT2D eigenvalue weighted by Gasteiger charge is 2.15. The van der Waals surface area contributed by atoms with Crippen molar-refractivity contribution in [3.05, 3.63) is 23.8 Å². The fourth-order valence-electron chi connectivity index (χ4n) is 1.87. The van der Waals surface area contributed by atoms with Crippen LogP contribution in [0.15, 0.2) is 18.2 Å². The summed E-state index contributed by atoms with van der Waals surface area (Å²) in [5.74, 6) is 0.177. The maximum Gasteiger partial charge on any atom is 0.127 e. The van der Waals surface area contributed by atoms with Gasteiger partial charge in [0.2, 0.25) is 0 Å². The summed E-state index contributed by atoms with van der Waals surface area (Å²) in [6.07, 6.45) is 3.27. The number of hydrogen-bond donors (Lipinski definition) is 3. The van der Waals surface area contributed by atoms with Crippen LogP contribution in [-0.2, 0) is 4.74 Å². The quantitative estimate of drug-likeness (QED) is 0.448. The highest BCUT2D eigenvalue weighted by molar-refractivity contribution is 14.1. The van der Waals surface area contributed by atoms with Crippen LogP contribution in [0.3, 0.4) is 0 Å². The Hall–Kier alpha value is -0.820. The Bertz CT molecular complexity index is 417. The van der Waals surface area contributed by atoms with E-state index in [4.69, 9.17) is 10.1 Å². The van der Waals surface area contributed by atoms with Crippen LogP contribution in [0.5, 0.6) is 5.75 Å². The number of halogens is 1. The molecule has 0 aromatic heterocycles. The molecule has 0 aliphatic carbocycles. The van der Waals surface area contributed by atoms with Crippen molar-refractivity contribution in [2.75, 3.05) is 11.9 Å². The molecule has 1 fully saturated rings. The van der Waals surface area contributed by atoms with E-state index in [1.54, 1.807) is 18.2 Å². The number of aromatic hydroxyl groups is 1. The largest absolute Gasteiger partial charge is 0.508 e. The van der Waals surface area contributed by atoms with Crippen molar-refractivity contribution in [3.63, 3.8) is 0 Å². The van der Waals surface area contributed by atoms with Crippen molar-refractivity contribution >= 4 is 32.0 Å². The molecule has 1 atom stereocenters. The Morgan fingerprint density at radius 2 is 2.29 bits per heavy atom. The Morgan fingerprint density at radius 3 is 2.94 bits per heavy atom. The molecule has 1 heterocycles. The molecule has 1 saturated heterocycles.